The highest BCUT2D eigenvalue weighted by Gasteiger charge is 2.53. The highest BCUT2D eigenvalue weighted by molar-refractivity contribution is 8.00. The number of hydrogen-bond donors (Lipinski definition) is 4. The summed E-state index contributed by atoms with van der Waals surface area (Å²) in [6.45, 7) is 4.23. The molecule has 2 aliphatic rings. The maximum absolute atomic E-state index is 12.9. The Balaban J connectivity index is 1.83. The third-order valence-corrected chi connectivity index (χ3v) is 6.64. The number of aliphatic carboxylic acids is 1. The van der Waals surface area contributed by atoms with Crippen LogP contribution in [0.3, 0.4) is 0 Å². The number of nitrogens with two attached hydrogens (primary N) is 2. The predicted octanol–water partition coefficient (Wildman–Crippen LogP) is -0.532. The molecule has 6 N–H and O–H groups in total. The zero-order valence-corrected chi connectivity index (χ0v) is 18.4. The normalized spacial score (nSPS) is 21.3. The highest BCUT2D eigenvalue weighted by atomic mass is 32.2. The van der Waals surface area contributed by atoms with E-state index >= 15 is 0 Å². The van der Waals surface area contributed by atoms with Crippen molar-refractivity contribution in [3.8, 4) is 0 Å². The maximum atomic E-state index is 12.9. The summed E-state index contributed by atoms with van der Waals surface area (Å²) in [7, 11) is 0. The summed E-state index contributed by atoms with van der Waals surface area (Å²) in [4.78, 5) is 58.8. The van der Waals surface area contributed by atoms with Crippen molar-refractivity contribution in [3.63, 3.8) is 0 Å². The first-order chi connectivity index (χ1) is 14.4. The van der Waals surface area contributed by atoms with Crippen molar-refractivity contribution < 1.29 is 29.1 Å². The van der Waals surface area contributed by atoms with E-state index in [-0.39, 0.29) is 22.2 Å². The molecule has 1 aromatic rings. The fraction of sp³-hybridized carbons (Fsp3) is 0.412. The monoisotopic (exact) mass is 468 g/mol. The van der Waals surface area contributed by atoms with Gasteiger partial charge in [0, 0.05) is 11.1 Å². The molecule has 0 saturated carbocycles. The number of nitrogens with zero attached hydrogens (tertiary/aromatic N) is 3. The Bertz CT molecular complexity index is 1030. The minimum atomic E-state index is -1.71. The second kappa shape index (κ2) is 8.19. The van der Waals surface area contributed by atoms with E-state index in [4.69, 9.17) is 16.3 Å². The number of carboxylic acid groups (broad SMARTS) is 1. The Morgan fingerprint density at radius 3 is 2.65 bits per heavy atom. The number of fused-ring (bicyclic) bond motifs is 1. The second-order valence-corrected chi connectivity index (χ2v) is 9.27. The van der Waals surface area contributed by atoms with Crippen LogP contribution in [0.2, 0.25) is 0 Å². The molecule has 1 aromatic heterocycles. The van der Waals surface area contributed by atoms with Crippen LogP contribution in [-0.2, 0) is 24.0 Å². The van der Waals surface area contributed by atoms with Gasteiger partial charge in [-0.15, -0.1) is 23.1 Å². The van der Waals surface area contributed by atoms with Crippen molar-refractivity contribution in [2.45, 2.75) is 37.8 Å². The van der Waals surface area contributed by atoms with Crippen LogP contribution in [0.15, 0.2) is 21.8 Å². The number of anilines is 1. The molecule has 1 fully saturated rings. The molecule has 0 spiro atoms. The zero-order chi connectivity index (χ0) is 23.1. The van der Waals surface area contributed by atoms with E-state index in [0.29, 0.717) is 11.3 Å². The number of amides is 3. The van der Waals surface area contributed by atoms with Crippen molar-refractivity contribution in [1.82, 2.24) is 15.2 Å². The summed E-state index contributed by atoms with van der Waals surface area (Å²) in [6, 6.07) is -0.936. The summed E-state index contributed by atoms with van der Waals surface area (Å²) in [5, 5.41) is 16.5. The van der Waals surface area contributed by atoms with Crippen LogP contribution in [0.25, 0.3) is 0 Å². The number of aromatic nitrogens is 1. The summed E-state index contributed by atoms with van der Waals surface area (Å²) < 4.78 is 0. The molecule has 0 radical (unpaired) electrons. The maximum Gasteiger partial charge on any atom is 0.350 e. The smallest absolute Gasteiger partial charge is 0.350 e. The van der Waals surface area contributed by atoms with Gasteiger partial charge in [-0.3, -0.25) is 19.3 Å². The number of carbonyl (C=O) groups excluding carboxylic acids is 3. The Kier molecular flexibility index (Phi) is 5.96. The third kappa shape index (κ3) is 4.20. The van der Waals surface area contributed by atoms with Gasteiger partial charge < -0.3 is 26.7 Å². The first-order valence-corrected chi connectivity index (χ1v) is 10.8. The predicted molar refractivity (Wildman–Crippen MR) is 113 cm³/mol. The van der Waals surface area contributed by atoms with E-state index in [9.17, 15) is 24.3 Å². The van der Waals surface area contributed by atoms with Gasteiger partial charge in [0.1, 0.15) is 22.8 Å². The minimum absolute atomic E-state index is 0.0645. The van der Waals surface area contributed by atoms with Crippen molar-refractivity contribution >= 4 is 57.6 Å². The molecule has 3 rings (SSSR count). The number of primary amides is 1. The van der Waals surface area contributed by atoms with Gasteiger partial charge in [0.15, 0.2) is 10.8 Å². The van der Waals surface area contributed by atoms with E-state index in [1.54, 1.807) is 6.92 Å². The molecule has 0 bridgehead atoms. The van der Waals surface area contributed by atoms with Gasteiger partial charge in [0.05, 0.1) is 0 Å². The number of nitrogens with one attached hydrogen (secondary N) is 1. The fourth-order valence-corrected chi connectivity index (χ4v) is 4.67. The Morgan fingerprint density at radius 1 is 1.42 bits per heavy atom. The average molecular weight is 469 g/mol. The molecule has 0 aromatic carbocycles. The quantitative estimate of drug-likeness (QED) is 0.231. The Hall–Kier alpha value is -3.13. The van der Waals surface area contributed by atoms with E-state index in [2.05, 4.69) is 15.5 Å². The molecule has 3 heterocycles. The van der Waals surface area contributed by atoms with Crippen molar-refractivity contribution in [2.75, 3.05) is 11.5 Å². The second-order valence-electron chi connectivity index (χ2n) is 7.27. The summed E-state index contributed by atoms with van der Waals surface area (Å²) in [5.74, 6) is -2.85. The SMILES string of the molecule is CC1=C(C(N)=O)N2C(=O)[C@@H](NC(=O)/C(=N\OC(C)(C)C(=O)O)c3csc(N)n3)[C@H]2SC1. The first-order valence-electron chi connectivity index (χ1n) is 8.90. The topological polar surface area (TPSA) is 190 Å². The van der Waals surface area contributed by atoms with Gasteiger partial charge in [-0.25, -0.2) is 9.78 Å². The van der Waals surface area contributed by atoms with E-state index in [1.165, 1.54) is 35.9 Å². The van der Waals surface area contributed by atoms with Crippen molar-refractivity contribution in [2.24, 2.45) is 10.9 Å². The lowest BCUT2D eigenvalue weighted by Crippen LogP contribution is -2.71. The number of β-lactam (4-membered cyclic amide) rings is 1. The number of hydrogen-bond acceptors (Lipinski definition) is 10. The van der Waals surface area contributed by atoms with Crippen LogP contribution in [0.4, 0.5) is 5.13 Å². The minimum Gasteiger partial charge on any atom is -0.478 e. The molecular weight excluding hydrogens is 448 g/mol. The molecule has 1 saturated heterocycles. The van der Waals surface area contributed by atoms with E-state index in [1.807, 2.05) is 0 Å². The lowest BCUT2D eigenvalue weighted by Gasteiger charge is -2.49. The molecule has 3 amide bonds. The molecule has 12 nitrogen and oxygen atoms in total. The molecule has 31 heavy (non-hydrogen) atoms. The van der Waals surface area contributed by atoms with Gasteiger partial charge in [0.25, 0.3) is 17.7 Å². The third-order valence-electron chi connectivity index (χ3n) is 4.54. The number of oxime groups is 1. The van der Waals surface area contributed by atoms with Crippen LogP contribution < -0.4 is 16.8 Å². The standard InChI is InChI=1S/C17H20N6O6S2/c1-6-4-30-14-9(13(26)23(14)10(6)11(18)24)21-12(25)8(7-5-31-16(19)20-7)22-29-17(2,3)15(27)28/h5,9,14H,4H2,1-3H3,(H2,18,24)(H2,19,20)(H,21,25)(H,27,28)/b22-8-/t9-,14-/m1/s1. The molecular formula is C17H20N6O6S2. The Morgan fingerprint density at radius 2 is 2.10 bits per heavy atom. The fourth-order valence-electron chi connectivity index (χ4n) is 2.83. The van der Waals surface area contributed by atoms with Gasteiger partial charge in [-0.05, 0) is 26.3 Å². The van der Waals surface area contributed by atoms with Crippen LogP contribution in [0.1, 0.15) is 26.5 Å². The zero-order valence-electron chi connectivity index (χ0n) is 16.7. The number of nitrogen functional groups attached to an aromatic ring is 1. The molecule has 2 atom stereocenters. The van der Waals surface area contributed by atoms with Gasteiger partial charge >= 0.3 is 5.97 Å². The van der Waals surface area contributed by atoms with Gasteiger partial charge in [-0.1, -0.05) is 5.16 Å². The van der Waals surface area contributed by atoms with Crippen LogP contribution in [0.5, 0.6) is 0 Å². The van der Waals surface area contributed by atoms with Gasteiger partial charge in [0.2, 0.25) is 5.60 Å². The molecule has 14 heteroatoms. The largest absolute Gasteiger partial charge is 0.478 e. The van der Waals surface area contributed by atoms with Gasteiger partial charge in [-0.2, -0.15) is 0 Å². The number of thioether (sulfide) groups is 1. The first kappa shape index (κ1) is 22.6. The van der Waals surface area contributed by atoms with Crippen LogP contribution >= 0.6 is 23.1 Å². The number of rotatable bonds is 7. The van der Waals surface area contributed by atoms with E-state index < -0.39 is 40.7 Å². The molecule has 0 aliphatic carbocycles. The Labute approximate surface area is 184 Å². The average Bonchev–Trinajstić information content (AvgIpc) is 3.11. The summed E-state index contributed by atoms with van der Waals surface area (Å²) in [6.07, 6.45) is 0. The summed E-state index contributed by atoms with van der Waals surface area (Å²) >= 11 is 2.42. The van der Waals surface area contributed by atoms with Crippen molar-refractivity contribution in [1.29, 1.82) is 0 Å². The highest BCUT2D eigenvalue weighted by Crippen LogP contribution is 2.39. The molecule has 166 valence electrons. The van der Waals surface area contributed by atoms with Crippen LogP contribution in [0, 0.1) is 0 Å². The lowest BCUT2D eigenvalue weighted by molar-refractivity contribution is -0.161. The van der Waals surface area contributed by atoms with E-state index in [0.717, 1.165) is 11.3 Å². The molecule has 2 aliphatic heterocycles. The number of carboxylic acids is 1. The summed E-state index contributed by atoms with van der Waals surface area (Å²) in [5.41, 5.74) is 9.84. The van der Waals surface area contributed by atoms with Crippen molar-refractivity contribution in [3.05, 3.63) is 22.3 Å². The van der Waals surface area contributed by atoms with Crippen LogP contribution in [-0.4, -0.2) is 67.2 Å². The molecule has 0 unspecified atom stereocenters. The lowest BCUT2D eigenvalue weighted by atomic mass is 10.0. The number of thiazole rings is 1. The number of carbonyl (C=O) groups is 4.